The maximum Gasteiger partial charge on any atom is 0.269 e. The summed E-state index contributed by atoms with van der Waals surface area (Å²) in [5.41, 5.74) is -0.835. The first-order valence-corrected chi connectivity index (χ1v) is 6.10. The molecule has 0 saturated carbocycles. The van der Waals surface area contributed by atoms with Gasteiger partial charge in [0.2, 0.25) is 0 Å². The minimum Gasteiger partial charge on any atom is -0.388 e. The average molecular weight is 282 g/mol. The number of carbonyl (C=O) groups excluding carboxylic acids is 1. The van der Waals surface area contributed by atoms with Crippen molar-refractivity contribution in [1.29, 1.82) is 0 Å². The molecule has 1 unspecified atom stereocenters. The van der Waals surface area contributed by atoms with E-state index in [1.54, 1.807) is 6.92 Å². The third-order valence-corrected chi connectivity index (χ3v) is 2.81. The van der Waals surface area contributed by atoms with Gasteiger partial charge >= 0.3 is 0 Å². The van der Waals surface area contributed by atoms with Gasteiger partial charge in [0, 0.05) is 44.4 Å². The normalized spacial score (nSPS) is 13.6. The van der Waals surface area contributed by atoms with Crippen LogP contribution in [-0.4, -0.2) is 41.8 Å². The van der Waals surface area contributed by atoms with E-state index in [1.807, 2.05) is 0 Å². The molecular formula is C13H18N2O5. The number of rotatable bonds is 7. The average Bonchev–Trinajstić information content (AvgIpc) is 2.43. The van der Waals surface area contributed by atoms with Gasteiger partial charge < -0.3 is 15.2 Å². The van der Waals surface area contributed by atoms with E-state index in [-0.39, 0.29) is 12.2 Å². The van der Waals surface area contributed by atoms with Crippen molar-refractivity contribution in [2.24, 2.45) is 0 Å². The number of non-ortho nitro benzene ring substituents is 1. The van der Waals surface area contributed by atoms with E-state index < -0.39 is 16.4 Å². The molecule has 2 N–H and O–H groups in total. The lowest BCUT2D eigenvalue weighted by Crippen LogP contribution is -2.41. The minimum absolute atomic E-state index is 0.0753. The number of nitrogens with zero attached hydrogens (tertiary/aromatic N) is 1. The first kappa shape index (κ1) is 16.1. The summed E-state index contributed by atoms with van der Waals surface area (Å²) < 4.78 is 4.87. The molecule has 1 atom stereocenters. The van der Waals surface area contributed by atoms with Crippen LogP contribution in [0.2, 0.25) is 0 Å². The molecule has 0 bridgehead atoms. The zero-order chi connectivity index (χ0) is 15.2. The quantitative estimate of drug-likeness (QED) is 0.576. The molecule has 7 nitrogen and oxygen atoms in total. The van der Waals surface area contributed by atoms with E-state index >= 15 is 0 Å². The third kappa shape index (κ3) is 4.94. The van der Waals surface area contributed by atoms with Crippen LogP contribution < -0.4 is 5.32 Å². The van der Waals surface area contributed by atoms with Gasteiger partial charge in [-0.3, -0.25) is 14.9 Å². The predicted octanol–water partition coefficient (Wildman–Crippen LogP) is 1.11. The number of methoxy groups -OCH3 is 1. The maximum atomic E-state index is 11.8. The van der Waals surface area contributed by atoms with Gasteiger partial charge in [0.1, 0.15) is 0 Å². The topological polar surface area (TPSA) is 102 Å². The van der Waals surface area contributed by atoms with E-state index in [1.165, 1.54) is 31.4 Å². The number of nitro groups is 1. The van der Waals surface area contributed by atoms with Gasteiger partial charge in [-0.05, 0) is 19.1 Å². The van der Waals surface area contributed by atoms with Crippen LogP contribution in [0.5, 0.6) is 0 Å². The van der Waals surface area contributed by atoms with Crippen molar-refractivity contribution in [2.45, 2.75) is 18.9 Å². The number of amides is 1. The molecule has 20 heavy (non-hydrogen) atoms. The van der Waals surface area contributed by atoms with Crippen molar-refractivity contribution < 1.29 is 19.6 Å². The summed E-state index contributed by atoms with van der Waals surface area (Å²) in [7, 11) is 1.53. The second kappa shape index (κ2) is 6.97. The standard InChI is InChI=1S/C13H18N2O5/c1-13(17,7-8-20-2)9-14-12(16)10-3-5-11(6-4-10)15(18)19/h3-6,17H,7-9H2,1-2H3,(H,14,16). The number of ether oxygens (including phenoxy) is 1. The molecular weight excluding hydrogens is 264 g/mol. The highest BCUT2D eigenvalue weighted by Crippen LogP contribution is 2.12. The Morgan fingerprint density at radius 3 is 2.55 bits per heavy atom. The van der Waals surface area contributed by atoms with Crippen molar-refractivity contribution >= 4 is 11.6 Å². The lowest BCUT2D eigenvalue weighted by Gasteiger charge is -2.23. The summed E-state index contributed by atoms with van der Waals surface area (Å²) in [6.45, 7) is 2.06. The number of hydrogen-bond acceptors (Lipinski definition) is 5. The first-order chi connectivity index (χ1) is 9.35. The van der Waals surface area contributed by atoms with E-state index in [0.717, 1.165) is 0 Å². The predicted molar refractivity (Wildman–Crippen MR) is 72.5 cm³/mol. The molecule has 0 heterocycles. The largest absolute Gasteiger partial charge is 0.388 e. The Kier molecular flexibility index (Phi) is 5.60. The SMILES string of the molecule is COCCC(C)(O)CNC(=O)c1ccc([N+](=O)[O-])cc1. The number of aliphatic hydroxyl groups is 1. The summed E-state index contributed by atoms with van der Waals surface area (Å²) in [6, 6.07) is 5.27. The van der Waals surface area contributed by atoms with Crippen molar-refractivity contribution in [1.82, 2.24) is 5.32 Å². The summed E-state index contributed by atoms with van der Waals surface area (Å²) in [5.74, 6) is -0.391. The van der Waals surface area contributed by atoms with Gasteiger partial charge in [-0.1, -0.05) is 0 Å². The Hall–Kier alpha value is -1.99. The second-order valence-electron chi connectivity index (χ2n) is 4.73. The molecule has 0 saturated heterocycles. The van der Waals surface area contributed by atoms with Gasteiger partial charge in [0.15, 0.2) is 0 Å². The summed E-state index contributed by atoms with van der Waals surface area (Å²) >= 11 is 0. The monoisotopic (exact) mass is 282 g/mol. The lowest BCUT2D eigenvalue weighted by atomic mass is 10.0. The fraction of sp³-hybridized carbons (Fsp3) is 0.462. The zero-order valence-electron chi connectivity index (χ0n) is 11.5. The second-order valence-corrected chi connectivity index (χ2v) is 4.73. The molecule has 0 aliphatic carbocycles. The molecule has 1 rings (SSSR count). The van der Waals surface area contributed by atoms with Crippen LogP contribution in [-0.2, 0) is 4.74 Å². The highest BCUT2D eigenvalue weighted by Gasteiger charge is 2.21. The van der Waals surface area contributed by atoms with Crippen LogP contribution in [0.1, 0.15) is 23.7 Å². The Morgan fingerprint density at radius 1 is 1.45 bits per heavy atom. The third-order valence-electron chi connectivity index (χ3n) is 2.81. The molecule has 0 radical (unpaired) electrons. The molecule has 0 aliphatic heterocycles. The number of nitro benzene ring substituents is 1. The zero-order valence-corrected chi connectivity index (χ0v) is 11.5. The fourth-order valence-corrected chi connectivity index (χ4v) is 1.52. The van der Waals surface area contributed by atoms with Crippen LogP contribution in [0.4, 0.5) is 5.69 Å². The molecule has 0 aromatic heterocycles. The Morgan fingerprint density at radius 2 is 2.05 bits per heavy atom. The van der Waals surface area contributed by atoms with Crippen molar-refractivity contribution in [3.63, 3.8) is 0 Å². The summed E-state index contributed by atoms with van der Waals surface area (Å²) in [5, 5.41) is 23.1. The van der Waals surface area contributed by atoms with Crippen LogP contribution in [0, 0.1) is 10.1 Å². The fourth-order valence-electron chi connectivity index (χ4n) is 1.52. The van der Waals surface area contributed by atoms with Crippen LogP contribution >= 0.6 is 0 Å². The van der Waals surface area contributed by atoms with Gasteiger partial charge in [-0.15, -0.1) is 0 Å². The van der Waals surface area contributed by atoms with Crippen molar-refractivity contribution in [3.8, 4) is 0 Å². The molecule has 1 aromatic carbocycles. The lowest BCUT2D eigenvalue weighted by molar-refractivity contribution is -0.384. The van der Waals surface area contributed by atoms with Crippen LogP contribution in [0.15, 0.2) is 24.3 Å². The molecule has 0 aliphatic rings. The minimum atomic E-state index is -1.06. The molecule has 1 aromatic rings. The van der Waals surface area contributed by atoms with Gasteiger partial charge in [0.05, 0.1) is 10.5 Å². The van der Waals surface area contributed by atoms with Crippen molar-refractivity contribution in [3.05, 3.63) is 39.9 Å². The number of hydrogen-bond donors (Lipinski definition) is 2. The molecule has 7 heteroatoms. The smallest absolute Gasteiger partial charge is 0.269 e. The van der Waals surface area contributed by atoms with Gasteiger partial charge in [-0.2, -0.15) is 0 Å². The Bertz CT molecular complexity index is 470. The maximum absolute atomic E-state index is 11.8. The number of nitrogens with one attached hydrogen (secondary N) is 1. The van der Waals surface area contributed by atoms with Crippen LogP contribution in [0.3, 0.4) is 0 Å². The summed E-state index contributed by atoms with van der Waals surface area (Å²) in [6.07, 6.45) is 0.393. The number of carbonyl (C=O) groups is 1. The highest BCUT2D eigenvalue weighted by atomic mass is 16.6. The highest BCUT2D eigenvalue weighted by molar-refractivity contribution is 5.94. The van der Waals surface area contributed by atoms with E-state index in [4.69, 9.17) is 4.74 Å². The Balaban J connectivity index is 2.56. The molecule has 0 fully saturated rings. The number of benzene rings is 1. The Labute approximate surface area is 116 Å². The molecule has 0 spiro atoms. The van der Waals surface area contributed by atoms with Gasteiger partial charge in [0.25, 0.3) is 11.6 Å². The van der Waals surface area contributed by atoms with Crippen LogP contribution in [0.25, 0.3) is 0 Å². The van der Waals surface area contributed by atoms with E-state index in [2.05, 4.69) is 5.32 Å². The van der Waals surface area contributed by atoms with E-state index in [0.29, 0.717) is 18.6 Å². The van der Waals surface area contributed by atoms with Gasteiger partial charge in [-0.25, -0.2) is 0 Å². The van der Waals surface area contributed by atoms with E-state index in [9.17, 15) is 20.0 Å². The molecule has 110 valence electrons. The molecule has 1 amide bonds. The van der Waals surface area contributed by atoms with Crippen molar-refractivity contribution in [2.75, 3.05) is 20.3 Å². The summed E-state index contributed by atoms with van der Waals surface area (Å²) in [4.78, 5) is 21.8. The first-order valence-electron chi connectivity index (χ1n) is 6.10.